The zero-order valence-corrected chi connectivity index (χ0v) is 9.49. The van der Waals surface area contributed by atoms with Crippen LogP contribution >= 0.6 is 0 Å². The van der Waals surface area contributed by atoms with Crippen molar-refractivity contribution in [3.05, 3.63) is 29.6 Å². The summed E-state index contributed by atoms with van der Waals surface area (Å²) >= 11 is 0. The van der Waals surface area contributed by atoms with Gasteiger partial charge in [-0.1, -0.05) is 6.07 Å². The Labute approximate surface area is 102 Å². The fourth-order valence-electron chi connectivity index (χ4n) is 1.59. The molecule has 0 aliphatic heterocycles. The Morgan fingerprint density at radius 2 is 2.33 bits per heavy atom. The zero-order valence-electron chi connectivity index (χ0n) is 9.49. The maximum Gasteiger partial charge on any atom is 0.515 e. The first-order valence-electron chi connectivity index (χ1n) is 5.22. The number of aromatic amines is 1. The van der Waals surface area contributed by atoms with Crippen molar-refractivity contribution in [3.63, 3.8) is 0 Å². The van der Waals surface area contributed by atoms with Gasteiger partial charge in [-0.05, 0) is 19.1 Å². The van der Waals surface area contributed by atoms with Gasteiger partial charge in [-0.3, -0.25) is 0 Å². The summed E-state index contributed by atoms with van der Waals surface area (Å²) in [5.41, 5.74) is 0.321. The van der Waals surface area contributed by atoms with Crippen molar-refractivity contribution in [3.8, 4) is 11.9 Å². The van der Waals surface area contributed by atoms with E-state index in [1.165, 1.54) is 12.1 Å². The van der Waals surface area contributed by atoms with Gasteiger partial charge < -0.3 is 14.5 Å². The van der Waals surface area contributed by atoms with Gasteiger partial charge in [-0.2, -0.15) is 5.26 Å². The fraction of sp³-hybridized carbons (Fsp3) is 0.167. The molecule has 1 heterocycles. The Morgan fingerprint density at radius 3 is 3.00 bits per heavy atom. The highest BCUT2D eigenvalue weighted by atomic mass is 19.1. The Balaban J connectivity index is 2.49. The number of fused-ring (bicyclic) bond motifs is 1. The molecule has 0 bridgehead atoms. The number of rotatable bonds is 2. The maximum atomic E-state index is 13.6. The third kappa shape index (κ3) is 1.98. The van der Waals surface area contributed by atoms with E-state index < -0.39 is 12.0 Å². The summed E-state index contributed by atoms with van der Waals surface area (Å²) < 4.78 is 23.0. The molecule has 2 rings (SSSR count). The van der Waals surface area contributed by atoms with E-state index in [9.17, 15) is 9.18 Å². The van der Waals surface area contributed by atoms with Crippen molar-refractivity contribution in [1.29, 1.82) is 5.26 Å². The first-order valence-corrected chi connectivity index (χ1v) is 5.22. The molecule has 0 radical (unpaired) electrons. The summed E-state index contributed by atoms with van der Waals surface area (Å²) in [4.78, 5) is 13.8. The minimum atomic E-state index is -0.944. The van der Waals surface area contributed by atoms with Gasteiger partial charge in [0, 0.05) is 0 Å². The number of hydrogen-bond donors (Lipinski definition) is 1. The molecule has 0 atom stereocenters. The second kappa shape index (κ2) is 4.75. The third-order valence-corrected chi connectivity index (χ3v) is 2.30. The van der Waals surface area contributed by atoms with Gasteiger partial charge in [0.2, 0.25) is 5.88 Å². The summed E-state index contributed by atoms with van der Waals surface area (Å²) in [5.74, 6) is -0.671. The zero-order chi connectivity index (χ0) is 13.1. The second-order valence-corrected chi connectivity index (χ2v) is 3.39. The highest BCUT2D eigenvalue weighted by Gasteiger charge is 2.18. The highest BCUT2D eigenvalue weighted by Crippen LogP contribution is 2.29. The van der Waals surface area contributed by atoms with Crippen LogP contribution in [0.4, 0.5) is 9.18 Å². The molecular weight excluding hydrogens is 239 g/mol. The van der Waals surface area contributed by atoms with E-state index in [0.29, 0.717) is 5.52 Å². The predicted molar refractivity (Wildman–Crippen MR) is 60.6 cm³/mol. The lowest BCUT2D eigenvalue weighted by Crippen LogP contribution is -2.10. The fourth-order valence-corrected chi connectivity index (χ4v) is 1.59. The smallest absolute Gasteiger partial charge is 0.434 e. The minimum absolute atomic E-state index is 0.0591. The van der Waals surface area contributed by atoms with E-state index in [1.54, 1.807) is 19.1 Å². The number of nitriles is 1. The number of nitrogens with one attached hydrogen (secondary N) is 1. The van der Waals surface area contributed by atoms with Gasteiger partial charge in [0.1, 0.15) is 17.4 Å². The monoisotopic (exact) mass is 248 g/mol. The maximum absolute atomic E-state index is 13.6. The summed E-state index contributed by atoms with van der Waals surface area (Å²) in [7, 11) is 0. The second-order valence-electron chi connectivity index (χ2n) is 3.39. The molecule has 0 unspecified atom stereocenters. The number of aromatic nitrogens is 1. The molecule has 0 saturated carbocycles. The third-order valence-electron chi connectivity index (χ3n) is 2.30. The van der Waals surface area contributed by atoms with Crippen LogP contribution in [0.2, 0.25) is 0 Å². The van der Waals surface area contributed by atoms with Crippen LogP contribution in [0, 0.1) is 17.1 Å². The molecule has 0 aliphatic carbocycles. The predicted octanol–water partition coefficient (Wildman–Crippen LogP) is 2.71. The molecule has 18 heavy (non-hydrogen) atoms. The molecule has 0 amide bonds. The molecule has 0 aliphatic rings. The Hall–Kier alpha value is -2.55. The molecule has 2 aromatic rings. The topological polar surface area (TPSA) is 75.1 Å². The molecule has 0 saturated heterocycles. The number of nitrogens with zero attached hydrogens (tertiary/aromatic N) is 1. The average molecular weight is 248 g/mol. The molecule has 1 aromatic heterocycles. The van der Waals surface area contributed by atoms with Gasteiger partial charge in [0.05, 0.1) is 17.5 Å². The highest BCUT2D eigenvalue weighted by molar-refractivity contribution is 5.89. The molecule has 6 heteroatoms. The van der Waals surface area contributed by atoms with Crippen LogP contribution in [-0.2, 0) is 4.74 Å². The largest absolute Gasteiger partial charge is 0.515 e. The van der Waals surface area contributed by atoms with Crippen LogP contribution in [0.1, 0.15) is 12.5 Å². The van der Waals surface area contributed by atoms with Gasteiger partial charge >= 0.3 is 6.16 Å². The number of hydrogen-bond acceptors (Lipinski definition) is 4. The lowest BCUT2D eigenvalue weighted by Gasteiger charge is -2.01. The van der Waals surface area contributed by atoms with Gasteiger partial charge in [-0.15, -0.1) is 0 Å². The quantitative estimate of drug-likeness (QED) is 0.829. The van der Waals surface area contributed by atoms with Crippen molar-refractivity contribution in [1.82, 2.24) is 4.98 Å². The Morgan fingerprint density at radius 1 is 1.56 bits per heavy atom. The van der Waals surface area contributed by atoms with Crippen LogP contribution in [0.3, 0.4) is 0 Å². The standard InChI is InChI=1S/C12H9FN2O3/c1-2-17-12(16)18-11-7(6-14)10-8(13)4-3-5-9(10)15-11/h3-5,15H,2H2,1H3. The number of carbonyl (C=O) groups excluding carboxylic acids is 1. The van der Waals surface area contributed by atoms with Gasteiger partial charge in [0.25, 0.3) is 0 Å². The number of halogens is 1. The van der Waals surface area contributed by atoms with E-state index >= 15 is 0 Å². The van der Waals surface area contributed by atoms with Gasteiger partial charge in [0.15, 0.2) is 0 Å². The summed E-state index contributed by atoms with van der Waals surface area (Å²) in [6.07, 6.45) is -0.944. The normalized spacial score (nSPS) is 10.1. The van der Waals surface area contributed by atoms with Crippen molar-refractivity contribution in [2.24, 2.45) is 0 Å². The number of H-pyrrole nitrogens is 1. The molecular formula is C12H9FN2O3. The molecule has 1 aromatic carbocycles. The SMILES string of the molecule is CCOC(=O)Oc1[nH]c2cccc(F)c2c1C#N. The average Bonchev–Trinajstić information content (AvgIpc) is 2.68. The van der Waals surface area contributed by atoms with Crippen molar-refractivity contribution in [2.75, 3.05) is 6.61 Å². The van der Waals surface area contributed by atoms with Crippen LogP contribution in [0.5, 0.6) is 5.88 Å². The van der Waals surface area contributed by atoms with E-state index in [1.807, 2.05) is 0 Å². The van der Waals surface area contributed by atoms with Crippen molar-refractivity contribution in [2.45, 2.75) is 6.92 Å². The lowest BCUT2D eigenvalue weighted by atomic mass is 10.2. The van der Waals surface area contributed by atoms with E-state index in [0.717, 1.165) is 0 Å². The first kappa shape index (κ1) is 11.9. The molecule has 5 nitrogen and oxygen atoms in total. The summed E-state index contributed by atoms with van der Waals surface area (Å²) in [5, 5.41) is 9.10. The van der Waals surface area contributed by atoms with E-state index in [-0.39, 0.29) is 23.4 Å². The van der Waals surface area contributed by atoms with Crippen LogP contribution < -0.4 is 4.74 Å². The number of benzene rings is 1. The van der Waals surface area contributed by atoms with Gasteiger partial charge in [-0.25, -0.2) is 9.18 Å². The number of ether oxygens (including phenoxy) is 2. The Kier molecular flexibility index (Phi) is 3.15. The van der Waals surface area contributed by atoms with E-state index in [2.05, 4.69) is 9.72 Å². The van der Waals surface area contributed by atoms with E-state index in [4.69, 9.17) is 10.00 Å². The number of carbonyl (C=O) groups is 1. The molecule has 0 spiro atoms. The van der Waals surface area contributed by atoms with Crippen LogP contribution in [0.25, 0.3) is 10.9 Å². The summed E-state index contributed by atoms with van der Waals surface area (Å²) in [6, 6.07) is 6.10. The van der Waals surface area contributed by atoms with Crippen molar-refractivity contribution < 1.29 is 18.7 Å². The molecule has 0 fully saturated rings. The lowest BCUT2D eigenvalue weighted by molar-refractivity contribution is 0.103. The minimum Gasteiger partial charge on any atom is -0.434 e. The summed E-state index contributed by atoms with van der Waals surface area (Å²) in [6.45, 7) is 1.77. The molecule has 1 N–H and O–H groups in total. The van der Waals surface area contributed by atoms with Crippen molar-refractivity contribution >= 4 is 17.1 Å². The molecule has 92 valence electrons. The Bertz CT molecular complexity index is 643. The first-order chi connectivity index (χ1) is 8.67. The van der Waals surface area contributed by atoms with Crippen LogP contribution in [0.15, 0.2) is 18.2 Å². The van der Waals surface area contributed by atoms with Crippen LogP contribution in [-0.4, -0.2) is 17.7 Å².